The molecular weight excluding hydrogens is 210 g/mol. The van der Waals surface area contributed by atoms with Crippen LogP contribution in [-0.2, 0) is 0 Å². The van der Waals surface area contributed by atoms with Crippen LogP contribution in [0.25, 0.3) is 0 Å². The normalized spacial score (nSPS) is 19.2. The van der Waals surface area contributed by atoms with Gasteiger partial charge in [0, 0.05) is 18.4 Å². The molecule has 3 nitrogen and oxygen atoms in total. The maximum atomic E-state index is 5.72. The molecule has 0 aromatic carbocycles. The van der Waals surface area contributed by atoms with E-state index in [9.17, 15) is 0 Å². The second kappa shape index (κ2) is 6.12. The van der Waals surface area contributed by atoms with E-state index in [0.29, 0.717) is 0 Å². The Bertz CT molecular complexity index is 345. The molecule has 1 unspecified atom stereocenters. The van der Waals surface area contributed by atoms with Crippen LogP contribution < -0.4 is 11.3 Å². The van der Waals surface area contributed by atoms with Crippen LogP contribution in [0.3, 0.4) is 0 Å². The maximum Gasteiger partial charge on any atom is 0.0466 e. The highest BCUT2D eigenvalue weighted by Gasteiger charge is 2.20. The zero-order chi connectivity index (χ0) is 12.1. The van der Waals surface area contributed by atoms with Gasteiger partial charge in [-0.05, 0) is 36.5 Å². The van der Waals surface area contributed by atoms with Gasteiger partial charge in [-0.25, -0.2) is 0 Å². The fourth-order valence-electron chi connectivity index (χ4n) is 2.92. The molecule has 0 aliphatic heterocycles. The summed E-state index contributed by atoms with van der Waals surface area (Å²) in [6.45, 7) is 2.10. The Morgan fingerprint density at radius 3 is 2.82 bits per heavy atom. The van der Waals surface area contributed by atoms with E-state index >= 15 is 0 Å². The van der Waals surface area contributed by atoms with Crippen molar-refractivity contribution in [3.05, 3.63) is 29.6 Å². The molecule has 1 heterocycles. The lowest BCUT2D eigenvalue weighted by Crippen LogP contribution is -2.30. The molecular formula is C14H23N3. The SMILES string of the molecule is Cc1cnccc1C(CC1CCCCC1)NN. The van der Waals surface area contributed by atoms with Gasteiger partial charge in [0.15, 0.2) is 0 Å². The highest BCUT2D eigenvalue weighted by atomic mass is 15.2. The number of aryl methyl sites for hydroxylation is 1. The summed E-state index contributed by atoms with van der Waals surface area (Å²) in [6.07, 6.45) is 11.8. The van der Waals surface area contributed by atoms with Crippen LogP contribution in [0, 0.1) is 12.8 Å². The topological polar surface area (TPSA) is 50.9 Å². The first kappa shape index (κ1) is 12.5. The summed E-state index contributed by atoms with van der Waals surface area (Å²) in [5, 5.41) is 0. The first-order valence-electron chi connectivity index (χ1n) is 6.68. The Balaban J connectivity index is 2.03. The van der Waals surface area contributed by atoms with E-state index in [2.05, 4.69) is 23.4 Å². The van der Waals surface area contributed by atoms with Crippen molar-refractivity contribution in [2.45, 2.75) is 51.5 Å². The summed E-state index contributed by atoms with van der Waals surface area (Å²) in [5.41, 5.74) is 5.51. The van der Waals surface area contributed by atoms with Crippen molar-refractivity contribution in [1.29, 1.82) is 0 Å². The molecule has 1 fully saturated rings. The number of aromatic nitrogens is 1. The quantitative estimate of drug-likeness (QED) is 0.621. The van der Waals surface area contributed by atoms with Gasteiger partial charge in [0.25, 0.3) is 0 Å². The molecule has 2 rings (SSSR count). The zero-order valence-corrected chi connectivity index (χ0v) is 10.7. The molecule has 94 valence electrons. The molecule has 0 saturated heterocycles. The number of hydrazine groups is 1. The third-order valence-electron chi connectivity index (χ3n) is 3.93. The third kappa shape index (κ3) is 3.27. The molecule has 1 aromatic heterocycles. The Labute approximate surface area is 104 Å². The van der Waals surface area contributed by atoms with Crippen molar-refractivity contribution in [2.75, 3.05) is 0 Å². The standard InChI is InChI=1S/C14H23N3/c1-11-10-16-8-7-13(11)14(17-15)9-12-5-3-2-4-6-12/h7-8,10,12,14,17H,2-6,9,15H2,1H3. The lowest BCUT2D eigenvalue weighted by atomic mass is 9.83. The van der Waals surface area contributed by atoms with Crippen LogP contribution in [0.5, 0.6) is 0 Å². The number of nitrogens with two attached hydrogens (primary N) is 1. The number of pyridine rings is 1. The molecule has 0 bridgehead atoms. The molecule has 0 radical (unpaired) electrons. The smallest absolute Gasteiger partial charge is 0.0466 e. The van der Waals surface area contributed by atoms with Crippen molar-refractivity contribution >= 4 is 0 Å². The summed E-state index contributed by atoms with van der Waals surface area (Å²) >= 11 is 0. The largest absolute Gasteiger partial charge is 0.271 e. The number of hydrogen-bond acceptors (Lipinski definition) is 3. The minimum atomic E-state index is 0.279. The second-order valence-electron chi connectivity index (χ2n) is 5.19. The van der Waals surface area contributed by atoms with E-state index in [0.717, 1.165) is 12.3 Å². The molecule has 3 heteroatoms. The van der Waals surface area contributed by atoms with E-state index < -0.39 is 0 Å². The van der Waals surface area contributed by atoms with Gasteiger partial charge in [0.1, 0.15) is 0 Å². The van der Waals surface area contributed by atoms with E-state index in [1.165, 1.54) is 43.2 Å². The predicted molar refractivity (Wildman–Crippen MR) is 70.2 cm³/mol. The van der Waals surface area contributed by atoms with Crippen molar-refractivity contribution in [3.8, 4) is 0 Å². The Morgan fingerprint density at radius 1 is 1.41 bits per heavy atom. The Kier molecular flexibility index (Phi) is 4.51. The van der Waals surface area contributed by atoms with Gasteiger partial charge >= 0.3 is 0 Å². The van der Waals surface area contributed by atoms with E-state index in [1.807, 2.05) is 12.4 Å². The van der Waals surface area contributed by atoms with Gasteiger partial charge in [0.05, 0.1) is 0 Å². The first-order chi connectivity index (χ1) is 8.31. The average Bonchev–Trinajstić information content (AvgIpc) is 2.38. The highest BCUT2D eigenvalue weighted by Crippen LogP contribution is 2.32. The molecule has 1 aliphatic carbocycles. The minimum absolute atomic E-state index is 0.279. The Morgan fingerprint density at radius 2 is 2.18 bits per heavy atom. The summed E-state index contributed by atoms with van der Waals surface area (Å²) in [6, 6.07) is 2.36. The fraction of sp³-hybridized carbons (Fsp3) is 0.643. The number of hydrogen-bond donors (Lipinski definition) is 2. The summed E-state index contributed by atoms with van der Waals surface area (Å²) in [5.74, 6) is 6.55. The molecule has 1 aliphatic rings. The van der Waals surface area contributed by atoms with Crippen LogP contribution >= 0.6 is 0 Å². The molecule has 3 N–H and O–H groups in total. The summed E-state index contributed by atoms with van der Waals surface area (Å²) < 4.78 is 0. The van der Waals surface area contributed by atoms with Crippen LogP contribution in [0.15, 0.2) is 18.5 Å². The van der Waals surface area contributed by atoms with Crippen molar-refractivity contribution < 1.29 is 0 Å². The van der Waals surface area contributed by atoms with Gasteiger partial charge < -0.3 is 0 Å². The Hall–Kier alpha value is -0.930. The summed E-state index contributed by atoms with van der Waals surface area (Å²) in [7, 11) is 0. The molecule has 17 heavy (non-hydrogen) atoms. The van der Waals surface area contributed by atoms with Crippen LogP contribution in [-0.4, -0.2) is 4.98 Å². The number of nitrogens with zero attached hydrogens (tertiary/aromatic N) is 1. The lowest BCUT2D eigenvalue weighted by Gasteiger charge is -2.27. The molecule has 1 atom stereocenters. The van der Waals surface area contributed by atoms with E-state index in [4.69, 9.17) is 5.84 Å². The summed E-state index contributed by atoms with van der Waals surface area (Å²) in [4.78, 5) is 4.14. The first-order valence-corrected chi connectivity index (χ1v) is 6.68. The zero-order valence-electron chi connectivity index (χ0n) is 10.7. The van der Waals surface area contributed by atoms with Gasteiger partial charge in [-0.15, -0.1) is 0 Å². The van der Waals surface area contributed by atoms with Crippen LogP contribution in [0.2, 0.25) is 0 Å². The minimum Gasteiger partial charge on any atom is -0.271 e. The maximum absolute atomic E-state index is 5.72. The molecule has 1 aromatic rings. The van der Waals surface area contributed by atoms with Crippen LogP contribution in [0.1, 0.15) is 55.7 Å². The van der Waals surface area contributed by atoms with Gasteiger partial charge in [-0.3, -0.25) is 16.3 Å². The van der Waals surface area contributed by atoms with E-state index in [1.54, 1.807) is 0 Å². The van der Waals surface area contributed by atoms with Crippen molar-refractivity contribution in [1.82, 2.24) is 10.4 Å². The second-order valence-corrected chi connectivity index (χ2v) is 5.19. The van der Waals surface area contributed by atoms with Crippen molar-refractivity contribution in [3.63, 3.8) is 0 Å². The fourth-order valence-corrected chi connectivity index (χ4v) is 2.92. The molecule has 0 amide bonds. The molecule has 1 saturated carbocycles. The predicted octanol–water partition coefficient (Wildman–Crippen LogP) is 2.86. The lowest BCUT2D eigenvalue weighted by molar-refractivity contribution is 0.300. The number of rotatable bonds is 4. The van der Waals surface area contributed by atoms with E-state index in [-0.39, 0.29) is 6.04 Å². The van der Waals surface area contributed by atoms with Gasteiger partial charge in [-0.2, -0.15) is 0 Å². The monoisotopic (exact) mass is 233 g/mol. The highest BCUT2D eigenvalue weighted by molar-refractivity contribution is 5.25. The van der Waals surface area contributed by atoms with Gasteiger partial charge in [0.2, 0.25) is 0 Å². The van der Waals surface area contributed by atoms with Crippen LogP contribution in [0.4, 0.5) is 0 Å². The number of nitrogens with one attached hydrogen (secondary N) is 1. The average molecular weight is 233 g/mol. The molecule has 0 spiro atoms. The van der Waals surface area contributed by atoms with Crippen molar-refractivity contribution in [2.24, 2.45) is 11.8 Å². The third-order valence-corrected chi connectivity index (χ3v) is 3.93. The van der Waals surface area contributed by atoms with Gasteiger partial charge in [-0.1, -0.05) is 32.1 Å².